The number of benzene rings is 2. The van der Waals surface area contributed by atoms with Gasteiger partial charge in [-0.05, 0) is 24.3 Å². The van der Waals surface area contributed by atoms with E-state index in [1.807, 2.05) is 0 Å². The molecule has 1 aliphatic rings. The topological polar surface area (TPSA) is 56.8 Å². The van der Waals surface area contributed by atoms with Crippen LogP contribution in [0.25, 0.3) is 0 Å². The van der Waals surface area contributed by atoms with Crippen LogP contribution in [-0.4, -0.2) is 25.9 Å². The number of halogens is 2. The number of carbonyl (C=O) groups excluding carboxylic acids is 1. The molecule has 0 aliphatic carbocycles. The van der Waals surface area contributed by atoms with E-state index in [4.69, 9.17) is 25.8 Å². The van der Waals surface area contributed by atoms with E-state index < -0.39 is 11.7 Å². The Balaban J connectivity index is 1.51. The van der Waals surface area contributed by atoms with E-state index in [-0.39, 0.29) is 30.5 Å². The van der Waals surface area contributed by atoms with Gasteiger partial charge in [-0.2, -0.15) is 0 Å². The molecule has 0 bridgehead atoms. The molecule has 23 heavy (non-hydrogen) atoms. The maximum absolute atomic E-state index is 13.6. The first kappa shape index (κ1) is 15.4. The minimum absolute atomic E-state index is 0.0687. The fraction of sp³-hybridized carbons (Fsp3) is 0.188. The molecule has 1 heterocycles. The van der Waals surface area contributed by atoms with Gasteiger partial charge in [-0.3, -0.25) is 4.79 Å². The zero-order valence-electron chi connectivity index (χ0n) is 12.0. The van der Waals surface area contributed by atoms with Crippen LogP contribution < -0.4 is 19.5 Å². The summed E-state index contributed by atoms with van der Waals surface area (Å²) >= 11 is 5.83. The lowest BCUT2D eigenvalue weighted by molar-refractivity contribution is 0.0943. The number of hydrogen-bond acceptors (Lipinski definition) is 4. The summed E-state index contributed by atoms with van der Waals surface area (Å²) in [5.74, 6) is 0.631. The largest absolute Gasteiger partial charge is 0.492 e. The summed E-state index contributed by atoms with van der Waals surface area (Å²) in [6.07, 6.45) is 0. The molecule has 5 nitrogen and oxygen atoms in total. The number of nitrogens with one attached hydrogen (secondary N) is 1. The van der Waals surface area contributed by atoms with Crippen molar-refractivity contribution in [2.24, 2.45) is 0 Å². The van der Waals surface area contributed by atoms with Gasteiger partial charge in [0.05, 0.1) is 17.1 Å². The van der Waals surface area contributed by atoms with Crippen LogP contribution in [0.4, 0.5) is 4.39 Å². The van der Waals surface area contributed by atoms with Crippen molar-refractivity contribution in [3.05, 3.63) is 52.8 Å². The molecule has 1 aliphatic heterocycles. The van der Waals surface area contributed by atoms with Gasteiger partial charge in [0.1, 0.15) is 18.2 Å². The molecule has 7 heteroatoms. The average Bonchev–Trinajstić information content (AvgIpc) is 2.99. The number of fused-ring (bicyclic) bond motifs is 1. The lowest BCUT2D eigenvalue weighted by atomic mass is 10.2. The maximum Gasteiger partial charge on any atom is 0.255 e. The Morgan fingerprint density at radius 1 is 1.26 bits per heavy atom. The van der Waals surface area contributed by atoms with Crippen molar-refractivity contribution in [3.63, 3.8) is 0 Å². The van der Waals surface area contributed by atoms with Crippen LogP contribution in [0.5, 0.6) is 17.2 Å². The van der Waals surface area contributed by atoms with Gasteiger partial charge in [-0.1, -0.05) is 17.7 Å². The minimum Gasteiger partial charge on any atom is -0.492 e. The highest BCUT2D eigenvalue weighted by molar-refractivity contribution is 6.33. The predicted molar refractivity (Wildman–Crippen MR) is 81.8 cm³/mol. The van der Waals surface area contributed by atoms with E-state index >= 15 is 0 Å². The highest BCUT2D eigenvalue weighted by atomic mass is 35.5. The molecule has 0 radical (unpaired) electrons. The lowest BCUT2D eigenvalue weighted by Crippen LogP contribution is -2.29. The molecule has 0 unspecified atom stereocenters. The number of amides is 1. The van der Waals surface area contributed by atoms with E-state index in [1.54, 1.807) is 18.2 Å². The molecular formula is C16H13ClFNO4. The number of rotatable bonds is 5. The van der Waals surface area contributed by atoms with Gasteiger partial charge in [0.25, 0.3) is 5.91 Å². The fourth-order valence-electron chi connectivity index (χ4n) is 2.10. The summed E-state index contributed by atoms with van der Waals surface area (Å²) in [4.78, 5) is 11.9. The predicted octanol–water partition coefficient (Wildman–Crippen LogP) is 3.02. The van der Waals surface area contributed by atoms with Gasteiger partial charge in [0.15, 0.2) is 11.5 Å². The normalized spacial score (nSPS) is 12.1. The summed E-state index contributed by atoms with van der Waals surface area (Å²) in [6.45, 7) is 0.619. The van der Waals surface area contributed by atoms with Crippen LogP contribution in [0.2, 0.25) is 5.02 Å². The van der Waals surface area contributed by atoms with E-state index in [0.717, 1.165) is 0 Å². The van der Waals surface area contributed by atoms with Crippen LogP contribution in [0.1, 0.15) is 10.4 Å². The molecule has 3 rings (SSSR count). The maximum atomic E-state index is 13.6. The third kappa shape index (κ3) is 3.48. The van der Waals surface area contributed by atoms with Crippen LogP contribution in [-0.2, 0) is 0 Å². The summed E-state index contributed by atoms with van der Waals surface area (Å²) < 4.78 is 29.5. The second-order valence-corrected chi connectivity index (χ2v) is 5.12. The third-order valence-corrected chi connectivity index (χ3v) is 3.51. The minimum atomic E-state index is -0.660. The Hall–Kier alpha value is -2.47. The standard InChI is InChI=1S/C16H13ClFNO4/c17-11-2-1-3-12(18)15(11)16(20)19-6-7-21-10-4-5-13-14(8-10)23-9-22-13/h1-5,8H,6-7,9H2,(H,19,20). The van der Waals surface area contributed by atoms with E-state index in [1.165, 1.54) is 18.2 Å². The fourth-order valence-corrected chi connectivity index (χ4v) is 2.35. The average molecular weight is 338 g/mol. The van der Waals surface area contributed by atoms with Crippen LogP contribution in [0.3, 0.4) is 0 Å². The molecule has 0 aromatic heterocycles. The Bertz CT molecular complexity index is 718. The Morgan fingerprint density at radius 2 is 2.09 bits per heavy atom. The Morgan fingerprint density at radius 3 is 2.91 bits per heavy atom. The van der Waals surface area contributed by atoms with E-state index in [9.17, 15) is 9.18 Å². The van der Waals surface area contributed by atoms with Crippen molar-refractivity contribution in [3.8, 4) is 17.2 Å². The summed E-state index contributed by atoms with van der Waals surface area (Å²) in [6, 6.07) is 9.28. The van der Waals surface area contributed by atoms with Crippen molar-refractivity contribution in [1.82, 2.24) is 5.32 Å². The quantitative estimate of drug-likeness (QED) is 0.852. The molecule has 2 aromatic rings. The SMILES string of the molecule is O=C(NCCOc1ccc2c(c1)OCO2)c1c(F)cccc1Cl. The number of ether oxygens (including phenoxy) is 3. The molecule has 2 aromatic carbocycles. The van der Waals surface area contributed by atoms with Crippen LogP contribution in [0, 0.1) is 5.82 Å². The second-order valence-electron chi connectivity index (χ2n) is 4.72. The van der Waals surface area contributed by atoms with E-state index in [0.29, 0.717) is 17.2 Å². The molecule has 0 spiro atoms. The highest BCUT2D eigenvalue weighted by Crippen LogP contribution is 2.34. The molecule has 1 N–H and O–H groups in total. The molecular weight excluding hydrogens is 325 g/mol. The summed E-state index contributed by atoms with van der Waals surface area (Å²) in [5.41, 5.74) is -0.169. The van der Waals surface area contributed by atoms with Crippen molar-refractivity contribution in [2.75, 3.05) is 19.9 Å². The zero-order chi connectivity index (χ0) is 16.2. The lowest BCUT2D eigenvalue weighted by Gasteiger charge is -2.09. The molecule has 1 amide bonds. The summed E-state index contributed by atoms with van der Waals surface area (Å²) in [7, 11) is 0. The number of carbonyl (C=O) groups is 1. The van der Waals surface area contributed by atoms with Crippen molar-refractivity contribution in [2.45, 2.75) is 0 Å². The first-order valence-electron chi connectivity index (χ1n) is 6.90. The molecule has 0 atom stereocenters. The first-order valence-corrected chi connectivity index (χ1v) is 7.27. The van der Waals surface area contributed by atoms with Gasteiger partial charge in [0.2, 0.25) is 6.79 Å². The molecule has 0 saturated carbocycles. The number of hydrogen-bond donors (Lipinski definition) is 1. The highest BCUT2D eigenvalue weighted by Gasteiger charge is 2.16. The van der Waals surface area contributed by atoms with Gasteiger partial charge in [0, 0.05) is 6.07 Å². The Kier molecular flexibility index (Phi) is 4.52. The second kappa shape index (κ2) is 6.75. The van der Waals surface area contributed by atoms with Crippen LogP contribution >= 0.6 is 11.6 Å². The van der Waals surface area contributed by atoms with Gasteiger partial charge in [-0.25, -0.2) is 4.39 Å². The molecule has 0 fully saturated rings. The summed E-state index contributed by atoms with van der Waals surface area (Å²) in [5, 5.41) is 2.63. The van der Waals surface area contributed by atoms with Gasteiger partial charge in [-0.15, -0.1) is 0 Å². The van der Waals surface area contributed by atoms with Crippen molar-refractivity contribution >= 4 is 17.5 Å². The zero-order valence-corrected chi connectivity index (χ0v) is 12.7. The Labute approximate surface area is 136 Å². The van der Waals surface area contributed by atoms with E-state index in [2.05, 4.69) is 5.32 Å². The smallest absolute Gasteiger partial charge is 0.255 e. The first-order chi connectivity index (χ1) is 11.1. The monoisotopic (exact) mass is 337 g/mol. The van der Waals surface area contributed by atoms with Crippen molar-refractivity contribution in [1.29, 1.82) is 0 Å². The van der Waals surface area contributed by atoms with Crippen LogP contribution in [0.15, 0.2) is 36.4 Å². The van der Waals surface area contributed by atoms with Gasteiger partial charge >= 0.3 is 0 Å². The van der Waals surface area contributed by atoms with Crippen molar-refractivity contribution < 1.29 is 23.4 Å². The van der Waals surface area contributed by atoms with Gasteiger partial charge < -0.3 is 19.5 Å². The molecule has 0 saturated heterocycles. The third-order valence-electron chi connectivity index (χ3n) is 3.19. The molecule has 120 valence electrons.